The largest absolute Gasteiger partial charge is 0.496 e. The summed E-state index contributed by atoms with van der Waals surface area (Å²) in [6.45, 7) is 13.2. The third-order valence-electron chi connectivity index (χ3n) is 28.4. The van der Waals surface area contributed by atoms with Crippen LogP contribution < -0.4 is 107 Å². The molecule has 7 amide bonds. The van der Waals surface area contributed by atoms with E-state index in [0.717, 1.165) is 196 Å². The normalized spacial score (nSPS) is 16.9. The lowest BCUT2D eigenvalue weighted by molar-refractivity contribution is -0.135. The molecule has 0 aliphatic carbocycles. The van der Waals surface area contributed by atoms with Gasteiger partial charge in [0, 0.05) is 185 Å². The molecule has 3 unspecified atom stereocenters. The number of aromatic nitrogens is 9. The average molecular weight is 2060 g/mol. The molecule has 6 aromatic heterocycles. The molecule has 3 atom stereocenters. The second kappa shape index (κ2) is 50.9. The Balaban J connectivity index is 0.000000161. The number of carbonyl (C=O) groups is 7. The number of unbranched alkanes of at least 4 members (excludes halogenated alkanes) is 5. The average Bonchev–Trinajstić information content (AvgIpc) is 1.54. The van der Waals surface area contributed by atoms with Crippen LogP contribution in [0.2, 0.25) is 0 Å². The molecular weight excluding hydrogens is 1920 g/mol. The van der Waals surface area contributed by atoms with E-state index in [1.54, 1.807) is 99.4 Å². The van der Waals surface area contributed by atoms with Crippen LogP contribution in [0.1, 0.15) is 132 Å². The number of benzene rings is 6. The van der Waals surface area contributed by atoms with Crippen LogP contribution in [0, 0.1) is 5.92 Å². The summed E-state index contributed by atoms with van der Waals surface area (Å²) in [4.78, 5) is 129. The lowest BCUT2D eigenvalue weighted by atomic mass is 9.96. The van der Waals surface area contributed by atoms with Crippen molar-refractivity contribution < 1.29 is 76.2 Å². The minimum absolute atomic E-state index is 0.000525. The number of fused-ring (bicyclic) bond motifs is 3. The van der Waals surface area contributed by atoms with Crippen molar-refractivity contribution in [2.45, 2.75) is 166 Å². The van der Waals surface area contributed by atoms with E-state index in [2.05, 4.69) is 94.8 Å². The fraction of sp³-hybridized carbons (Fsp3) is 0.427. The summed E-state index contributed by atoms with van der Waals surface area (Å²) in [5.74, 6) is 5.55. The van der Waals surface area contributed by atoms with Crippen LogP contribution in [-0.4, -0.2) is 245 Å². The summed E-state index contributed by atoms with van der Waals surface area (Å²) in [6, 6.07) is 33.4. The van der Waals surface area contributed by atoms with Gasteiger partial charge in [-0.3, -0.25) is 78.8 Å². The number of likely N-dealkylation sites (tertiary alicyclic amines) is 3. The van der Waals surface area contributed by atoms with Gasteiger partial charge in [-0.05, 0) is 216 Å². The molecular formula is C110H135N21O19. The maximum absolute atomic E-state index is 13.1. The summed E-state index contributed by atoms with van der Waals surface area (Å²) < 4.78 is 57.8. The number of rotatable bonds is 41. The van der Waals surface area contributed by atoms with Gasteiger partial charge in [0.2, 0.25) is 41.4 Å². The van der Waals surface area contributed by atoms with E-state index in [9.17, 15) is 47.9 Å². The third kappa shape index (κ3) is 27.1. The van der Waals surface area contributed by atoms with Crippen molar-refractivity contribution >= 4 is 91.1 Å². The number of allylic oxidation sites excluding steroid dienone is 1. The first kappa shape index (κ1) is 107. The Morgan fingerprint density at radius 3 is 1.19 bits per heavy atom. The lowest BCUT2D eigenvalue weighted by Gasteiger charge is -2.32. The number of hydrogen-bond donors (Lipinski definition) is 12. The van der Waals surface area contributed by atoms with Gasteiger partial charge in [0.25, 0.3) is 16.7 Å². The topological polar surface area (TPSA) is 473 Å². The minimum Gasteiger partial charge on any atom is -0.496 e. The highest BCUT2D eigenvalue weighted by Crippen LogP contribution is 2.42. The first-order valence-corrected chi connectivity index (χ1v) is 51.2. The number of aryl methyl sites for hydroxylation is 3. The van der Waals surface area contributed by atoms with Crippen molar-refractivity contribution in [3.8, 4) is 85.1 Å². The van der Waals surface area contributed by atoms with Gasteiger partial charge >= 0.3 is 0 Å². The summed E-state index contributed by atoms with van der Waals surface area (Å²) in [6.07, 6.45) is 26.0. The molecule has 12 aromatic rings. The number of anilines is 3. The van der Waals surface area contributed by atoms with Crippen LogP contribution in [0.25, 0.3) is 66.1 Å². The zero-order valence-corrected chi connectivity index (χ0v) is 86.4. The molecule has 12 N–H and O–H groups in total. The molecule has 0 radical (unpaired) electrons. The van der Waals surface area contributed by atoms with E-state index in [1.807, 2.05) is 120 Å². The summed E-state index contributed by atoms with van der Waals surface area (Å²) in [5, 5.41) is 49.5. The van der Waals surface area contributed by atoms with Crippen LogP contribution in [0.4, 0.5) is 17.1 Å². The van der Waals surface area contributed by atoms with Gasteiger partial charge in [0.1, 0.15) is 98.6 Å². The standard InChI is InChI=1S/C43H58N8O6.C34H39N7O7.C33H38N6O6/c1-29-11-16-37(42(53)47-29)48-31-12-14-32(15-13-31)57-33-17-21-51(22-18-33)20-10-8-6-5-7-9-19-45-40(52)27-44-25-35-38(55-3)23-30(24-39(35)56-4)36-28-50(2)43(54)41-34(36)26-46-49-41;1-40-19-26(24-17-36-39-32(24)34(40)45)20-14-28(46-2)25(29(15-20)47-3)16-35-18-31(43)41-12-10-23(11-13-41)48-22-6-4-21(5-7-22)37-27-8-9-30(42)38-33(27)44;1-38-17-25(24-16-34-37-31(24)33(38)42)21-14-28(43-2)26(29(15-21)44-3)18-39-12-10-20(11-13-39)19-45-23-6-4-22(5-7-23)35-27-8-9-30(40)36-32(27)41/h12-15,23-24,26,28,33,37,44,48H,1,5-11,16-22,25,27H2,2-4H3,(H,45,52)(H,46,49)(H,47,53);4-7,14-15,17,19,23,27,35,37H,8-13,16,18H2,1-3H3,(H,36,39)(H,38,42,44);4-7,14-17,20,27,35H,8-13,18-19H2,1-3H3,(H,34,37)(H,36,40,41). The Kier molecular flexibility index (Phi) is 36.4. The fourth-order valence-electron chi connectivity index (χ4n) is 19.9. The van der Waals surface area contributed by atoms with Crippen molar-refractivity contribution in [1.82, 2.24) is 90.9 Å². The molecule has 0 bridgehead atoms. The number of carbonyl (C=O) groups excluding carboxylic acids is 7. The number of ether oxygens (including phenoxy) is 9. The molecule has 0 spiro atoms. The van der Waals surface area contributed by atoms with E-state index >= 15 is 0 Å². The van der Waals surface area contributed by atoms with E-state index in [4.69, 9.17) is 42.6 Å². The summed E-state index contributed by atoms with van der Waals surface area (Å²) >= 11 is 0. The minimum atomic E-state index is -0.442. The first-order valence-electron chi connectivity index (χ1n) is 51.2. The number of nitrogens with zero attached hydrogens (tertiary/aromatic N) is 9. The predicted molar refractivity (Wildman–Crippen MR) is 570 cm³/mol. The number of hydrogen-bond acceptors (Lipinski definition) is 29. The van der Waals surface area contributed by atoms with Crippen LogP contribution in [0.5, 0.6) is 51.7 Å². The number of methoxy groups -OCH3 is 6. The number of pyridine rings is 3. The Bertz CT molecular complexity index is 6900. The maximum Gasteiger partial charge on any atom is 0.276 e. The van der Waals surface area contributed by atoms with E-state index in [0.29, 0.717) is 135 Å². The van der Waals surface area contributed by atoms with Gasteiger partial charge in [-0.15, -0.1) is 0 Å². The van der Waals surface area contributed by atoms with Gasteiger partial charge in [0.15, 0.2) is 0 Å². The zero-order chi connectivity index (χ0) is 105. The highest BCUT2D eigenvalue weighted by molar-refractivity contribution is 6.03. The van der Waals surface area contributed by atoms with E-state index in [1.165, 1.54) is 34.8 Å². The van der Waals surface area contributed by atoms with Gasteiger partial charge < -0.3 is 103 Å². The second-order valence-electron chi connectivity index (χ2n) is 38.7. The van der Waals surface area contributed by atoms with Crippen molar-refractivity contribution in [3.05, 3.63) is 206 Å². The number of aromatic amines is 3. The molecule has 150 heavy (non-hydrogen) atoms. The quantitative estimate of drug-likeness (QED) is 0.0125. The molecule has 6 aliphatic heterocycles. The summed E-state index contributed by atoms with van der Waals surface area (Å²) in [5.41, 5.74) is 11.7. The Labute approximate surface area is 868 Å². The Morgan fingerprint density at radius 1 is 0.413 bits per heavy atom. The van der Waals surface area contributed by atoms with Crippen LogP contribution in [0.3, 0.4) is 0 Å². The molecule has 12 heterocycles. The van der Waals surface area contributed by atoms with Crippen molar-refractivity contribution in [2.24, 2.45) is 27.1 Å². The molecule has 6 aliphatic rings. The molecule has 6 fully saturated rings. The summed E-state index contributed by atoms with van der Waals surface area (Å²) in [7, 11) is 14.8. The number of imide groups is 2. The zero-order valence-electron chi connectivity index (χ0n) is 86.4. The third-order valence-corrected chi connectivity index (χ3v) is 28.4. The van der Waals surface area contributed by atoms with Crippen LogP contribution >= 0.6 is 0 Å². The van der Waals surface area contributed by atoms with Gasteiger partial charge in [-0.25, -0.2) is 0 Å². The molecule has 0 saturated carbocycles. The van der Waals surface area contributed by atoms with Crippen molar-refractivity contribution in [1.29, 1.82) is 0 Å². The molecule has 40 heteroatoms. The number of piperidine rings is 6. The highest BCUT2D eigenvalue weighted by Gasteiger charge is 2.33. The molecule has 40 nitrogen and oxygen atoms in total. The molecule has 18 rings (SSSR count). The molecule has 794 valence electrons. The second-order valence-corrected chi connectivity index (χ2v) is 38.7. The maximum atomic E-state index is 13.1. The van der Waals surface area contributed by atoms with Crippen molar-refractivity contribution in [3.63, 3.8) is 0 Å². The fourth-order valence-corrected chi connectivity index (χ4v) is 19.9. The Morgan fingerprint density at radius 2 is 0.780 bits per heavy atom. The number of amides is 7. The monoisotopic (exact) mass is 2050 g/mol. The van der Waals surface area contributed by atoms with Gasteiger partial charge in [-0.2, -0.15) is 15.3 Å². The predicted octanol–water partition coefficient (Wildman–Crippen LogP) is 11.0. The number of nitrogens with one attached hydrogen (secondary N) is 12. The lowest BCUT2D eigenvalue weighted by Crippen LogP contribution is -2.47. The first-order chi connectivity index (χ1) is 72.8. The highest BCUT2D eigenvalue weighted by atomic mass is 16.5. The molecule has 6 aromatic carbocycles. The van der Waals surface area contributed by atoms with Gasteiger partial charge in [0.05, 0.1) is 86.5 Å². The Hall–Kier alpha value is -15.6. The van der Waals surface area contributed by atoms with Crippen molar-refractivity contribution in [2.75, 3.05) is 131 Å². The van der Waals surface area contributed by atoms with E-state index in [-0.39, 0.29) is 89.4 Å². The van der Waals surface area contributed by atoms with Gasteiger partial charge in [-0.1, -0.05) is 32.3 Å². The number of H-pyrrole nitrogens is 3. The smallest absolute Gasteiger partial charge is 0.276 e. The van der Waals surface area contributed by atoms with Crippen LogP contribution in [-0.2, 0) is 74.3 Å². The van der Waals surface area contributed by atoms with E-state index < -0.39 is 12.1 Å². The SMILES string of the molecule is C=C1CCC(Nc2ccc(OC3CCN(CCCCCCCCNC(=O)CNCc4c(OC)cc(-c5cn(C)c(=O)c6[nH]ncc56)cc4OC)CC3)cc2)C(=O)N1.COc1cc(-c2cn(C)c(=O)c3[nH]ncc23)cc(OC)c1CN1CCC(COc2ccc(NC3CCC(=O)NC3=O)cc2)CC1.COc1cc(-c2cn(C)c(=O)c3[nH]ncc23)cc(OC)c1CNCC(=O)N1CCC(Oc2ccc(NC3CCC(=O)NC3=O)cc2)CC1. The van der Waals surface area contributed by atoms with Crippen LogP contribution in [0.15, 0.2) is 173 Å². The molecule has 6 saturated heterocycles.